The van der Waals surface area contributed by atoms with Gasteiger partial charge in [0.2, 0.25) is 11.8 Å². The quantitative estimate of drug-likeness (QED) is 0.143. The van der Waals surface area contributed by atoms with Gasteiger partial charge in [0.15, 0.2) is 0 Å². The highest BCUT2D eigenvalue weighted by molar-refractivity contribution is 5.99. The van der Waals surface area contributed by atoms with Gasteiger partial charge in [-0.25, -0.2) is 4.79 Å². The molecular formula is C32H33N5O5. The molecule has 2 aromatic heterocycles. The molecule has 10 heteroatoms. The lowest BCUT2D eigenvalue weighted by Crippen LogP contribution is -2.50. The number of hydrogen-bond donors (Lipinski definition) is 4. The van der Waals surface area contributed by atoms with Gasteiger partial charge < -0.3 is 26.1 Å². The van der Waals surface area contributed by atoms with Gasteiger partial charge in [0.05, 0.1) is 6.61 Å². The van der Waals surface area contributed by atoms with Gasteiger partial charge in [-0.1, -0.05) is 60.7 Å². The predicted octanol–water partition coefficient (Wildman–Crippen LogP) is 3.44. The van der Waals surface area contributed by atoms with Crippen molar-refractivity contribution in [1.82, 2.24) is 20.6 Å². The summed E-state index contributed by atoms with van der Waals surface area (Å²) in [5.74, 6) is -2.08. The van der Waals surface area contributed by atoms with Crippen molar-refractivity contribution in [3.63, 3.8) is 0 Å². The monoisotopic (exact) mass is 567 g/mol. The highest BCUT2D eigenvalue weighted by atomic mass is 16.5. The summed E-state index contributed by atoms with van der Waals surface area (Å²) in [7, 11) is 0. The Morgan fingerprint density at radius 3 is 2.50 bits per heavy atom. The number of primary amides is 1. The molecule has 0 saturated carbocycles. The fourth-order valence-corrected chi connectivity index (χ4v) is 4.49. The summed E-state index contributed by atoms with van der Waals surface area (Å²) < 4.78 is 4.91. The van der Waals surface area contributed by atoms with Crippen molar-refractivity contribution in [2.24, 2.45) is 5.73 Å². The Bertz CT molecular complexity index is 1580. The predicted molar refractivity (Wildman–Crippen MR) is 159 cm³/mol. The number of benzene rings is 2. The third kappa shape index (κ3) is 8.14. The lowest BCUT2D eigenvalue weighted by molar-refractivity contribution is -0.137. The Morgan fingerprint density at radius 2 is 1.74 bits per heavy atom. The van der Waals surface area contributed by atoms with E-state index in [0.717, 1.165) is 21.9 Å². The van der Waals surface area contributed by atoms with E-state index >= 15 is 0 Å². The van der Waals surface area contributed by atoms with Crippen LogP contribution in [0.5, 0.6) is 0 Å². The standard InChI is InChI=1S/C32H33N5O5/c1-2-42-30(39)17-13-23(12-16-29(33)38)35-32(41)28(18-21-8-4-3-5-9-21)37-31(40)27-15-14-26(36-27)25-20-34-19-22-10-6-7-11-24(22)25/h3-11,13-15,17,19-20,23,28,36H,2,12,16,18H2,1H3,(H2,33,38)(H,35,41)(H,37,40)/b17-13+/t23-,28-/m1/s1. The molecule has 42 heavy (non-hydrogen) atoms. The second-order valence-electron chi connectivity index (χ2n) is 9.64. The number of H-pyrrole nitrogens is 1. The van der Waals surface area contributed by atoms with Gasteiger partial charge in [-0.15, -0.1) is 0 Å². The SMILES string of the molecule is CCOC(=O)/C=C/[C@@H](CCC(N)=O)NC(=O)[C@@H](Cc1ccccc1)NC(=O)c1ccc(-c2cncc3ccccc23)[nH]1. The van der Waals surface area contributed by atoms with Crippen molar-refractivity contribution in [3.05, 3.63) is 103 Å². The van der Waals surface area contributed by atoms with Crippen LogP contribution in [-0.2, 0) is 25.5 Å². The number of carbonyl (C=O) groups is 4. The number of amides is 3. The molecule has 0 bridgehead atoms. The molecule has 2 heterocycles. The zero-order chi connectivity index (χ0) is 29.9. The zero-order valence-corrected chi connectivity index (χ0v) is 23.2. The maximum absolute atomic E-state index is 13.5. The summed E-state index contributed by atoms with van der Waals surface area (Å²) in [4.78, 5) is 57.6. The minimum atomic E-state index is -0.960. The van der Waals surface area contributed by atoms with Crippen LogP contribution >= 0.6 is 0 Å². The smallest absolute Gasteiger partial charge is 0.330 e. The van der Waals surface area contributed by atoms with E-state index in [2.05, 4.69) is 20.6 Å². The third-order valence-corrected chi connectivity index (χ3v) is 6.57. The summed E-state index contributed by atoms with van der Waals surface area (Å²) in [6.45, 7) is 1.88. The third-order valence-electron chi connectivity index (χ3n) is 6.57. The Balaban J connectivity index is 1.54. The van der Waals surface area contributed by atoms with Crippen molar-refractivity contribution >= 4 is 34.5 Å². The highest BCUT2D eigenvalue weighted by Crippen LogP contribution is 2.27. The number of aromatic amines is 1. The van der Waals surface area contributed by atoms with E-state index < -0.39 is 35.8 Å². The number of nitrogens with one attached hydrogen (secondary N) is 3. The van der Waals surface area contributed by atoms with Gasteiger partial charge in [0, 0.05) is 54.0 Å². The van der Waals surface area contributed by atoms with Crippen molar-refractivity contribution in [2.75, 3.05) is 6.61 Å². The number of pyridine rings is 1. The van der Waals surface area contributed by atoms with Gasteiger partial charge in [-0.3, -0.25) is 19.4 Å². The Hall–Kier alpha value is -5.25. The number of ether oxygens (including phenoxy) is 1. The van der Waals surface area contributed by atoms with Gasteiger partial charge in [0.25, 0.3) is 5.91 Å². The molecule has 5 N–H and O–H groups in total. The van der Waals surface area contributed by atoms with Crippen LogP contribution in [0.4, 0.5) is 0 Å². The number of hydrogen-bond acceptors (Lipinski definition) is 6. The van der Waals surface area contributed by atoms with Gasteiger partial charge in [0.1, 0.15) is 11.7 Å². The molecule has 3 amide bonds. The Kier molecular flexibility index (Phi) is 10.2. The molecule has 0 aliphatic heterocycles. The largest absolute Gasteiger partial charge is 0.463 e. The summed E-state index contributed by atoms with van der Waals surface area (Å²) in [5.41, 5.74) is 7.98. The molecule has 0 aliphatic carbocycles. The van der Waals surface area contributed by atoms with Gasteiger partial charge >= 0.3 is 5.97 Å². The van der Waals surface area contributed by atoms with Crippen LogP contribution < -0.4 is 16.4 Å². The first-order valence-electron chi connectivity index (χ1n) is 13.6. The number of rotatable bonds is 13. The molecule has 0 saturated heterocycles. The van der Waals surface area contributed by atoms with Crippen molar-refractivity contribution in [2.45, 2.75) is 38.3 Å². The lowest BCUT2D eigenvalue weighted by Gasteiger charge is -2.22. The van der Waals surface area contributed by atoms with E-state index in [1.807, 2.05) is 54.6 Å². The molecule has 4 aromatic rings. The van der Waals surface area contributed by atoms with Gasteiger partial charge in [-0.05, 0) is 36.4 Å². The van der Waals surface area contributed by atoms with Gasteiger partial charge in [-0.2, -0.15) is 0 Å². The molecule has 216 valence electrons. The first-order chi connectivity index (χ1) is 20.3. The van der Waals surface area contributed by atoms with Crippen LogP contribution in [-0.4, -0.2) is 52.3 Å². The first kappa shape index (κ1) is 29.7. The number of fused-ring (bicyclic) bond motifs is 1. The highest BCUT2D eigenvalue weighted by Gasteiger charge is 2.25. The van der Waals surface area contributed by atoms with E-state index in [0.29, 0.717) is 5.69 Å². The Labute approximate surface area is 243 Å². The number of nitrogens with two attached hydrogens (primary N) is 1. The maximum atomic E-state index is 13.5. The number of aromatic nitrogens is 2. The fourth-order valence-electron chi connectivity index (χ4n) is 4.49. The summed E-state index contributed by atoms with van der Waals surface area (Å²) in [5, 5.41) is 7.61. The van der Waals surface area contributed by atoms with Crippen molar-refractivity contribution in [3.8, 4) is 11.3 Å². The molecular weight excluding hydrogens is 534 g/mol. The van der Waals surface area contributed by atoms with Crippen LogP contribution in [0.25, 0.3) is 22.0 Å². The fraction of sp³-hybridized carbons (Fsp3) is 0.219. The van der Waals surface area contributed by atoms with Crippen molar-refractivity contribution < 1.29 is 23.9 Å². The summed E-state index contributed by atoms with van der Waals surface area (Å²) in [6.07, 6.45) is 6.53. The van der Waals surface area contributed by atoms with E-state index in [4.69, 9.17) is 10.5 Å². The summed E-state index contributed by atoms with van der Waals surface area (Å²) in [6, 6.07) is 18.9. The molecule has 2 aromatic carbocycles. The van der Waals surface area contributed by atoms with Crippen LogP contribution in [0, 0.1) is 0 Å². The zero-order valence-electron chi connectivity index (χ0n) is 23.2. The number of nitrogens with zero attached hydrogens (tertiary/aromatic N) is 1. The lowest BCUT2D eigenvalue weighted by atomic mass is 10.0. The molecule has 0 radical (unpaired) electrons. The minimum absolute atomic E-state index is 0.0118. The second-order valence-corrected chi connectivity index (χ2v) is 9.64. The molecule has 10 nitrogen and oxygen atoms in total. The topological polar surface area (TPSA) is 156 Å². The van der Waals surface area contributed by atoms with E-state index in [1.54, 1.807) is 31.5 Å². The number of carbonyl (C=O) groups excluding carboxylic acids is 4. The van der Waals surface area contributed by atoms with E-state index in [-0.39, 0.29) is 31.6 Å². The molecule has 0 spiro atoms. The Morgan fingerprint density at radius 1 is 0.976 bits per heavy atom. The second kappa shape index (κ2) is 14.4. The summed E-state index contributed by atoms with van der Waals surface area (Å²) >= 11 is 0. The van der Waals surface area contributed by atoms with Crippen LogP contribution in [0.15, 0.2) is 91.3 Å². The van der Waals surface area contributed by atoms with Crippen LogP contribution in [0.2, 0.25) is 0 Å². The molecule has 2 atom stereocenters. The van der Waals surface area contributed by atoms with Crippen molar-refractivity contribution in [1.29, 1.82) is 0 Å². The average Bonchev–Trinajstić information content (AvgIpc) is 3.49. The molecule has 0 aliphatic rings. The van der Waals surface area contributed by atoms with E-state index in [1.165, 1.54) is 12.2 Å². The molecule has 0 fully saturated rings. The first-order valence-corrected chi connectivity index (χ1v) is 13.6. The van der Waals surface area contributed by atoms with Crippen LogP contribution in [0.3, 0.4) is 0 Å². The maximum Gasteiger partial charge on any atom is 0.330 e. The van der Waals surface area contributed by atoms with E-state index in [9.17, 15) is 19.2 Å². The molecule has 4 rings (SSSR count). The minimum Gasteiger partial charge on any atom is -0.463 e. The number of esters is 1. The molecule has 0 unspecified atom stereocenters. The normalized spacial score (nSPS) is 12.5. The van der Waals surface area contributed by atoms with Crippen LogP contribution in [0.1, 0.15) is 35.8 Å². The average molecular weight is 568 g/mol.